The van der Waals surface area contributed by atoms with E-state index in [-0.39, 0.29) is 0 Å². The molecule has 122 valence electrons. The number of aromatic nitrogens is 2. The summed E-state index contributed by atoms with van der Waals surface area (Å²) in [4.78, 5) is 11.2. The topological polar surface area (TPSA) is 47.5 Å². The summed E-state index contributed by atoms with van der Waals surface area (Å²) in [5.41, 5.74) is 2.32. The Labute approximate surface area is 137 Å². The van der Waals surface area contributed by atoms with E-state index >= 15 is 0 Å². The Bertz CT molecular complexity index is 701. The van der Waals surface area contributed by atoms with Crippen molar-refractivity contribution in [3.63, 3.8) is 0 Å². The number of nitrogens with zero attached hydrogens (tertiary/aromatic N) is 3. The van der Waals surface area contributed by atoms with Crippen molar-refractivity contribution >= 4 is 5.82 Å². The van der Waals surface area contributed by atoms with Gasteiger partial charge in [0.2, 0.25) is 0 Å². The smallest absolute Gasteiger partial charge is 0.134 e. The van der Waals surface area contributed by atoms with Gasteiger partial charge >= 0.3 is 0 Å². The number of hydrogen-bond acceptors (Lipinski definition) is 5. The highest BCUT2D eigenvalue weighted by Crippen LogP contribution is 2.32. The maximum absolute atomic E-state index is 5.91. The van der Waals surface area contributed by atoms with E-state index < -0.39 is 0 Å². The molecular formula is C18H23N3O2. The van der Waals surface area contributed by atoms with E-state index in [1.165, 1.54) is 5.56 Å². The molecule has 0 saturated heterocycles. The Kier molecular flexibility index (Phi) is 4.37. The third kappa shape index (κ3) is 3.38. The number of methoxy groups -OCH3 is 1. The summed E-state index contributed by atoms with van der Waals surface area (Å²) in [6.07, 6.45) is 3.71. The molecule has 2 aromatic rings. The highest BCUT2D eigenvalue weighted by atomic mass is 16.5. The fourth-order valence-electron chi connectivity index (χ4n) is 2.95. The highest BCUT2D eigenvalue weighted by Gasteiger charge is 2.22. The van der Waals surface area contributed by atoms with Crippen LogP contribution in [0.25, 0.3) is 0 Å². The summed E-state index contributed by atoms with van der Waals surface area (Å²) in [5.74, 6) is 4.02. The number of fused-ring (bicyclic) bond motifs is 1. The van der Waals surface area contributed by atoms with Gasteiger partial charge in [0.1, 0.15) is 23.1 Å². The van der Waals surface area contributed by atoms with E-state index in [4.69, 9.17) is 9.47 Å². The van der Waals surface area contributed by atoms with Gasteiger partial charge in [0.25, 0.3) is 0 Å². The molecule has 0 unspecified atom stereocenters. The number of ether oxygens (including phenoxy) is 2. The first-order valence-corrected chi connectivity index (χ1v) is 7.86. The van der Waals surface area contributed by atoms with Crippen LogP contribution in [0, 0.1) is 12.8 Å². The van der Waals surface area contributed by atoms with E-state index in [0.717, 1.165) is 41.5 Å². The van der Waals surface area contributed by atoms with Gasteiger partial charge in [0.15, 0.2) is 0 Å². The molecule has 3 rings (SSSR count). The number of rotatable bonds is 4. The van der Waals surface area contributed by atoms with Crippen LogP contribution < -0.4 is 14.4 Å². The second-order valence-corrected chi connectivity index (χ2v) is 6.25. The van der Waals surface area contributed by atoms with Gasteiger partial charge < -0.3 is 14.4 Å². The SMILES string of the molecule is COc1ccc2c(c1)OC[C@@H](Cc1ncc(C)c(N(C)C)n1)C2. The van der Waals surface area contributed by atoms with Gasteiger partial charge in [-0.2, -0.15) is 0 Å². The van der Waals surface area contributed by atoms with Gasteiger partial charge in [0, 0.05) is 44.3 Å². The first-order valence-electron chi connectivity index (χ1n) is 7.86. The summed E-state index contributed by atoms with van der Waals surface area (Å²) in [6, 6.07) is 6.02. The Hall–Kier alpha value is -2.30. The van der Waals surface area contributed by atoms with Gasteiger partial charge in [-0.15, -0.1) is 0 Å². The van der Waals surface area contributed by atoms with Crippen molar-refractivity contribution in [1.29, 1.82) is 0 Å². The number of aryl methyl sites for hydroxylation is 1. The lowest BCUT2D eigenvalue weighted by atomic mass is 9.93. The van der Waals surface area contributed by atoms with Crippen LogP contribution in [0.5, 0.6) is 11.5 Å². The Morgan fingerprint density at radius 2 is 2.17 bits per heavy atom. The quantitative estimate of drug-likeness (QED) is 0.868. The average molecular weight is 313 g/mol. The lowest BCUT2D eigenvalue weighted by molar-refractivity contribution is 0.218. The summed E-state index contributed by atoms with van der Waals surface area (Å²) >= 11 is 0. The van der Waals surface area contributed by atoms with E-state index in [1.807, 2.05) is 44.2 Å². The van der Waals surface area contributed by atoms with Crippen molar-refractivity contribution in [3.8, 4) is 11.5 Å². The number of anilines is 1. The zero-order chi connectivity index (χ0) is 16.4. The van der Waals surface area contributed by atoms with Crippen molar-refractivity contribution < 1.29 is 9.47 Å². The highest BCUT2D eigenvalue weighted by molar-refractivity contribution is 5.44. The first-order chi connectivity index (χ1) is 11.1. The van der Waals surface area contributed by atoms with Crippen LogP contribution in [0.15, 0.2) is 24.4 Å². The average Bonchev–Trinajstić information content (AvgIpc) is 2.56. The van der Waals surface area contributed by atoms with Crippen LogP contribution >= 0.6 is 0 Å². The molecule has 0 saturated carbocycles. The third-order valence-corrected chi connectivity index (χ3v) is 4.15. The number of benzene rings is 1. The third-order valence-electron chi connectivity index (χ3n) is 4.15. The molecule has 1 aromatic heterocycles. The molecule has 1 aromatic carbocycles. The molecule has 0 aliphatic carbocycles. The van der Waals surface area contributed by atoms with Crippen LogP contribution in [0.2, 0.25) is 0 Å². The Morgan fingerprint density at radius 1 is 1.35 bits per heavy atom. The van der Waals surface area contributed by atoms with E-state index in [9.17, 15) is 0 Å². The Balaban J connectivity index is 1.73. The first kappa shape index (κ1) is 15.6. The standard InChI is InChI=1S/C18H23N3O2/c1-12-10-19-17(20-18(12)21(2)3)8-13-7-14-5-6-15(22-4)9-16(14)23-11-13/h5-6,9-10,13H,7-8,11H2,1-4H3/t13-/m1/s1. The zero-order valence-electron chi connectivity index (χ0n) is 14.2. The van der Waals surface area contributed by atoms with Gasteiger partial charge in [-0.05, 0) is 25.0 Å². The summed E-state index contributed by atoms with van der Waals surface area (Å²) in [5, 5.41) is 0. The summed E-state index contributed by atoms with van der Waals surface area (Å²) in [7, 11) is 5.68. The summed E-state index contributed by atoms with van der Waals surface area (Å²) < 4.78 is 11.2. The predicted molar refractivity (Wildman–Crippen MR) is 90.5 cm³/mol. The minimum Gasteiger partial charge on any atom is -0.497 e. The molecule has 1 aliphatic heterocycles. The molecule has 2 heterocycles. The van der Waals surface area contributed by atoms with Crippen LogP contribution in [0.1, 0.15) is 17.0 Å². The number of hydrogen-bond donors (Lipinski definition) is 0. The molecule has 0 radical (unpaired) electrons. The fraction of sp³-hybridized carbons (Fsp3) is 0.444. The molecule has 5 nitrogen and oxygen atoms in total. The minimum absolute atomic E-state index is 0.397. The van der Waals surface area contributed by atoms with Crippen LogP contribution in [0.4, 0.5) is 5.82 Å². The maximum atomic E-state index is 5.91. The molecule has 1 atom stereocenters. The largest absolute Gasteiger partial charge is 0.497 e. The molecular weight excluding hydrogens is 290 g/mol. The van der Waals surface area contributed by atoms with Crippen LogP contribution in [-0.4, -0.2) is 37.8 Å². The van der Waals surface area contributed by atoms with Gasteiger partial charge in [-0.25, -0.2) is 9.97 Å². The van der Waals surface area contributed by atoms with Crippen molar-refractivity contribution in [2.75, 3.05) is 32.7 Å². The monoisotopic (exact) mass is 313 g/mol. The van der Waals surface area contributed by atoms with Crippen molar-refractivity contribution in [3.05, 3.63) is 41.3 Å². The molecule has 0 fully saturated rings. The normalized spacial score (nSPS) is 16.4. The molecule has 0 amide bonds. The zero-order valence-corrected chi connectivity index (χ0v) is 14.2. The molecule has 0 bridgehead atoms. The molecule has 23 heavy (non-hydrogen) atoms. The summed E-state index contributed by atoms with van der Waals surface area (Å²) in [6.45, 7) is 2.72. The molecule has 0 spiro atoms. The van der Waals surface area contributed by atoms with E-state index in [0.29, 0.717) is 12.5 Å². The maximum Gasteiger partial charge on any atom is 0.134 e. The van der Waals surface area contributed by atoms with Crippen molar-refractivity contribution in [2.45, 2.75) is 19.8 Å². The second kappa shape index (κ2) is 6.44. The van der Waals surface area contributed by atoms with Gasteiger partial charge in [-0.3, -0.25) is 0 Å². The minimum atomic E-state index is 0.397. The predicted octanol–water partition coefficient (Wildman–Crippen LogP) is 2.65. The lowest BCUT2D eigenvalue weighted by Crippen LogP contribution is -2.24. The molecule has 0 N–H and O–H groups in total. The van der Waals surface area contributed by atoms with E-state index in [2.05, 4.69) is 16.0 Å². The Morgan fingerprint density at radius 3 is 2.91 bits per heavy atom. The van der Waals surface area contributed by atoms with E-state index in [1.54, 1.807) is 7.11 Å². The van der Waals surface area contributed by atoms with Gasteiger partial charge in [-0.1, -0.05) is 6.07 Å². The van der Waals surface area contributed by atoms with Crippen LogP contribution in [0.3, 0.4) is 0 Å². The second-order valence-electron chi connectivity index (χ2n) is 6.25. The fourth-order valence-corrected chi connectivity index (χ4v) is 2.95. The molecule has 1 aliphatic rings. The van der Waals surface area contributed by atoms with Crippen LogP contribution in [-0.2, 0) is 12.8 Å². The van der Waals surface area contributed by atoms with Crippen molar-refractivity contribution in [1.82, 2.24) is 9.97 Å². The molecule has 5 heteroatoms. The van der Waals surface area contributed by atoms with Gasteiger partial charge in [0.05, 0.1) is 13.7 Å². The van der Waals surface area contributed by atoms with Crippen molar-refractivity contribution in [2.24, 2.45) is 5.92 Å². The lowest BCUT2D eigenvalue weighted by Gasteiger charge is -2.25.